The highest BCUT2D eigenvalue weighted by atomic mass is 32.2. The van der Waals surface area contributed by atoms with Crippen molar-refractivity contribution in [2.75, 3.05) is 12.3 Å². The van der Waals surface area contributed by atoms with Gasteiger partial charge in [0.1, 0.15) is 0 Å². The Morgan fingerprint density at radius 1 is 1.37 bits per heavy atom. The Balaban J connectivity index is 2.38. The molecule has 5 nitrogen and oxygen atoms in total. The van der Waals surface area contributed by atoms with Gasteiger partial charge in [-0.15, -0.1) is 5.10 Å². The second kappa shape index (κ2) is 7.85. The van der Waals surface area contributed by atoms with Crippen LogP contribution in [0.15, 0.2) is 5.16 Å². The molecule has 1 rings (SSSR count). The second-order valence-electron chi connectivity index (χ2n) is 6.07. The summed E-state index contributed by atoms with van der Waals surface area (Å²) in [6.07, 6.45) is 2.50. The average Bonchev–Trinajstić information content (AvgIpc) is 2.73. The lowest BCUT2D eigenvalue weighted by atomic mass is 10.1. The maximum atomic E-state index is 4.10. The van der Waals surface area contributed by atoms with E-state index >= 15 is 0 Å². The van der Waals surface area contributed by atoms with Crippen LogP contribution < -0.4 is 5.32 Å². The SMILES string of the molecule is CCCC(C)CSc1nnnn1CCNC(C)(C)C. The highest BCUT2D eigenvalue weighted by Gasteiger charge is 2.11. The van der Waals surface area contributed by atoms with Gasteiger partial charge in [0.05, 0.1) is 6.54 Å². The van der Waals surface area contributed by atoms with Crippen LogP contribution in [-0.4, -0.2) is 38.0 Å². The molecule has 0 bridgehead atoms. The molecule has 0 aromatic carbocycles. The number of hydrogen-bond donors (Lipinski definition) is 1. The van der Waals surface area contributed by atoms with Gasteiger partial charge in [0, 0.05) is 17.8 Å². The minimum Gasteiger partial charge on any atom is -0.310 e. The lowest BCUT2D eigenvalue weighted by molar-refractivity contribution is 0.396. The van der Waals surface area contributed by atoms with Crippen molar-refractivity contribution >= 4 is 11.8 Å². The largest absolute Gasteiger partial charge is 0.310 e. The van der Waals surface area contributed by atoms with Crippen LogP contribution in [0.4, 0.5) is 0 Å². The monoisotopic (exact) mass is 285 g/mol. The minimum absolute atomic E-state index is 0.136. The maximum Gasteiger partial charge on any atom is 0.209 e. The van der Waals surface area contributed by atoms with E-state index in [-0.39, 0.29) is 5.54 Å². The van der Waals surface area contributed by atoms with E-state index in [4.69, 9.17) is 0 Å². The van der Waals surface area contributed by atoms with Gasteiger partial charge in [-0.1, -0.05) is 38.5 Å². The fourth-order valence-electron chi connectivity index (χ4n) is 1.77. The van der Waals surface area contributed by atoms with Gasteiger partial charge >= 0.3 is 0 Å². The molecule has 0 amide bonds. The predicted molar refractivity (Wildman–Crippen MR) is 80.4 cm³/mol. The van der Waals surface area contributed by atoms with Crippen LogP contribution >= 0.6 is 11.8 Å². The fraction of sp³-hybridized carbons (Fsp3) is 0.923. The molecule has 1 unspecified atom stereocenters. The van der Waals surface area contributed by atoms with Gasteiger partial charge in [-0.25, -0.2) is 4.68 Å². The van der Waals surface area contributed by atoms with Crippen molar-refractivity contribution < 1.29 is 0 Å². The summed E-state index contributed by atoms with van der Waals surface area (Å²) in [5, 5.41) is 16.3. The van der Waals surface area contributed by atoms with E-state index in [9.17, 15) is 0 Å². The van der Waals surface area contributed by atoms with E-state index in [1.807, 2.05) is 4.68 Å². The smallest absolute Gasteiger partial charge is 0.209 e. The molecule has 1 N–H and O–H groups in total. The predicted octanol–water partition coefficient (Wildman–Crippen LogP) is 2.59. The number of thioether (sulfide) groups is 1. The Kier molecular flexibility index (Phi) is 6.79. The Hall–Kier alpha value is -0.620. The van der Waals surface area contributed by atoms with E-state index in [0.717, 1.165) is 24.0 Å². The van der Waals surface area contributed by atoms with Crippen LogP contribution in [0.5, 0.6) is 0 Å². The number of rotatable bonds is 8. The summed E-state index contributed by atoms with van der Waals surface area (Å²) in [5.41, 5.74) is 0.136. The van der Waals surface area contributed by atoms with Gasteiger partial charge < -0.3 is 5.32 Å². The zero-order valence-electron chi connectivity index (χ0n) is 12.8. The third-order valence-corrected chi connectivity index (χ3v) is 4.04. The second-order valence-corrected chi connectivity index (χ2v) is 7.05. The average molecular weight is 285 g/mol. The Morgan fingerprint density at radius 3 is 2.74 bits per heavy atom. The summed E-state index contributed by atoms with van der Waals surface area (Å²) < 4.78 is 1.89. The summed E-state index contributed by atoms with van der Waals surface area (Å²) in [4.78, 5) is 0. The van der Waals surface area contributed by atoms with Crippen LogP contribution in [0.3, 0.4) is 0 Å². The standard InChI is InChI=1S/C13H27N5S/c1-6-7-11(2)10-19-12-15-16-17-18(12)9-8-14-13(3,4)5/h11,14H,6-10H2,1-5H3. The van der Waals surface area contributed by atoms with Gasteiger partial charge in [-0.2, -0.15) is 0 Å². The third-order valence-electron chi connectivity index (χ3n) is 2.76. The quantitative estimate of drug-likeness (QED) is 0.744. The van der Waals surface area contributed by atoms with Crippen LogP contribution in [0.25, 0.3) is 0 Å². The van der Waals surface area contributed by atoms with Gasteiger partial charge in [0.15, 0.2) is 0 Å². The number of nitrogens with zero attached hydrogens (tertiary/aromatic N) is 4. The zero-order chi connectivity index (χ0) is 14.3. The van der Waals surface area contributed by atoms with Crippen LogP contribution in [0.1, 0.15) is 47.5 Å². The molecule has 0 fully saturated rings. The zero-order valence-corrected chi connectivity index (χ0v) is 13.6. The highest BCUT2D eigenvalue weighted by molar-refractivity contribution is 7.99. The van der Waals surface area contributed by atoms with E-state index in [0.29, 0.717) is 5.92 Å². The molecule has 0 aliphatic carbocycles. The first-order valence-corrected chi connectivity index (χ1v) is 8.05. The van der Waals surface area contributed by atoms with Crippen LogP contribution in [-0.2, 0) is 6.54 Å². The minimum atomic E-state index is 0.136. The number of nitrogens with one attached hydrogen (secondary N) is 1. The van der Waals surface area contributed by atoms with Crippen molar-refractivity contribution in [3.05, 3.63) is 0 Å². The fourth-order valence-corrected chi connectivity index (χ4v) is 2.74. The summed E-state index contributed by atoms with van der Waals surface area (Å²) in [5.74, 6) is 1.80. The summed E-state index contributed by atoms with van der Waals surface area (Å²) in [7, 11) is 0. The molecular formula is C13H27N5S. The van der Waals surface area contributed by atoms with Crippen molar-refractivity contribution in [1.82, 2.24) is 25.5 Å². The molecule has 19 heavy (non-hydrogen) atoms. The first-order valence-electron chi connectivity index (χ1n) is 7.06. The van der Waals surface area contributed by atoms with Crippen molar-refractivity contribution in [2.24, 2.45) is 5.92 Å². The van der Waals surface area contributed by atoms with Crippen molar-refractivity contribution in [2.45, 2.75) is 64.7 Å². The molecule has 0 radical (unpaired) electrons. The molecule has 0 saturated carbocycles. The van der Waals surface area contributed by atoms with Crippen LogP contribution in [0, 0.1) is 5.92 Å². The number of tetrazole rings is 1. The topological polar surface area (TPSA) is 55.6 Å². The number of hydrogen-bond acceptors (Lipinski definition) is 5. The normalized spacial score (nSPS) is 13.7. The molecule has 0 aliphatic rings. The van der Waals surface area contributed by atoms with Crippen molar-refractivity contribution in [1.29, 1.82) is 0 Å². The van der Waals surface area contributed by atoms with Crippen molar-refractivity contribution in [3.63, 3.8) is 0 Å². The maximum absolute atomic E-state index is 4.10. The summed E-state index contributed by atoms with van der Waals surface area (Å²) >= 11 is 1.76. The molecule has 0 aliphatic heterocycles. The van der Waals surface area contributed by atoms with Crippen LogP contribution in [0.2, 0.25) is 0 Å². The number of aromatic nitrogens is 4. The lowest BCUT2D eigenvalue weighted by Gasteiger charge is -2.20. The van der Waals surface area contributed by atoms with E-state index in [1.165, 1.54) is 12.8 Å². The Morgan fingerprint density at radius 2 is 2.11 bits per heavy atom. The Labute approximate surface area is 120 Å². The highest BCUT2D eigenvalue weighted by Crippen LogP contribution is 2.19. The summed E-state index contributed by atoms with van der Waals surface area (Å²) in [6, 6.07) is 0. The first kappa shape index (κ1) is 16.4. The van der Waals surface area contributed by atoms with Crippen molar-refractivity contribution in [3.8, 4) is 0 Å². The third kappa shape index (κ3) is 6.92. The molecule has 110 valence electrons. The molecule has 0 saturated heterocycles. The Bertz CT molecular complexity index is 358. The molecule has 1 atom stereocenters. The molecule has 1 aromatic rings. The van der Waals surface area contributed by atoms with E-state index < -0.39 is 0 Å². The lowest BCUT2D eigenvalue weighted by Crippen LogP contribution is -2.38. The molecule has 6 heteroatoms. The molecule has 1 aromatic heterocycles. The van der Waals surface area contributed by atoms with E-state index in [1.54, 1.807) is 11.8 Å². The summed E-state index contributed by atoms with van der Waals surface area (Å²) in [6.45, 7) is 12.7. The molecule has 1 heterocycles. The van der Waals surface area contributed by atoms with Gasteiger partial charge in [0.25, 0.3) is 0 Å². The molecule has 0 spiro atoms. The van der Waals surface area contributed by atoms with Gasteiger partial charge in [-0.05, 0) is 37.1 Å². The van der Waals surface area contributed by atoms with Gasteiger partial charge in [-0.3, -0.25) is 0 Å². The first-order chi connectivity index (χ1) is 8.92. The van der Waals surface area contributed by atoms with E-state index in [2.05, 4.69) is 55.5 Å². The van der Waals surface area contributed by atoms with Gasteiger partial charge in [0.2, 0.25) is 5.16 Å². The molecular weight excluding hydrogens is 258 g/mol.